The Morgan fingerprint density at radius 2 is 1.97 bits per heavy atom. The predicted molar refractivity (Wildman–Crippen MR) is 126 cm³/mol. The Morgan fingerprint density at radius 1 is 1.12 bits per heavy atom. The van der Waals surface area contributed by atoms with E-state index in [-0.39, 0.29) is 30.2 Å². The molecule has 6 nitrogen and oxygen atoms in total. The lowest BCUT2D eigenvalue weighted by molar-refractivity contribution is -0.132. The fraction of sp³-hybridized carbons (Fsp3) is 0.333. The summed E-state index contributed by atoms with van der Waals surface area (Å²) in [5, 5.41) is 2.72. The van der Waals surface area contributed by atoms with Crippen LogP contribution in [0.1, 0.15) is 64.9 Å². The molecule has 2 amide bonds. The molecule has 2 heterocycles. The first-order valence-corrected chi connectivity index (χ1v) is 11.5. The zero-order valence-corrected chi connectivity index (χ0v) is 19.4. The van der Waals surface area contributed by atoms with E-state index in [0.29, 0.717) is 31.0 Å². The lowest BCUT2D eigenvalue weighted by Gasteiger charge is -2.38. The maximum absolute atomic E-state index is 12.8. The molecule has 3 aromatic rings. The van der Waals surface area contributed by atoms with E-state index in [1.165, 1.54) is 5.56 Å². The van der Waals surface area contributed by atoms with Crippen molar-refractivity contribution in [3.8, 4) is 5.75 Å². The Kier molecular flexibility index (Phi) is 6.82. The highest BCUT2D eigenvalue weighted by Gasteiger charge is 2.31. The second-order valence-electron chi connectivity index (χ2n) is 8.28. The van der Waals surface area contributed by atoms with Crippen LogP contribution >= 0.6 is 0 Å². The van der Waals surface area contributed by atoms with Gasteiger partial charge in [-0.15, -0.1) is 0 Å². The van der Waals surface area contributed by atoms with Gasteiger partial charge in [-0.3, -0.25) is 9.59 Å². The van der Waals surface area contributed by atoms with Crippen molar-refractivity contribution in [1.82, 2.24) is 10.2 Å². The summed E-state index contributed by atoms with van der Waals surface area (Å²) in [6.45, 7) is 7.29. The number of fused-ring (bicyclic) bond motifs is 1. The summed E-state index contributed by atoms with van der Waals surface area (Å²) >= 11 is 0. The number of nitrogens with zero attached hydrogens (tertiary/aromatic N) is 1. The first kappa shape index (κ1) is 22.6. The van der Waals surface area contributed by atoms with Crippen LogP contribution in [0, 0.1) is 6.92 Å². The summed E-state index contributed by atoms with van der Waals surface area (Å²) < 4.78 is 11.6. The fourth-order valence-electron chi connectivity index (χ4n) is 4.33. The van der Waals surface area contributed by atoms with Gasteiger partial charge in [0, 0.05) is 19.5 Å². The highest BCUT2D eigenvalue weighted by atomic mass is 16.5. The third-order valence-electron chi connectivity index (χ3n) is 5.93. The van der Waals surface area contributed by atoms with Crippen LogP contribution in [-0.2, 0) is 17.8 Å². The Labute approximate surface area is 194 Å². The van der Waals surface area contributed by atoms with Gasteiger partial charge in [-0.25, -0.2) is 0 Å². The molecule has 0 bridgehead atoms. The Bertz CT molecular complexity index is 1150. The van der Waals surface area contributed by atoms with Crippen molar-refractivity contribution in [2.75, 3.05) is 13.1 Å². The minimum absolute atomic E-state index is 0.141. The summed E-state index contributed by atoms with van der Waals surface area (Å²) in [6.07, 6.45) is 1.29. The molecule has 0 saturated carbocycles. The zero-order chi connectivity index (χ0) is 23.4. The predicted octanol–water partition coefficient (Wildman–Crippen LogP) is 4.80. The summed E-state index contributed by atoms with van der Waals surface area (Å²) in [4.78, 5) is 26.7. The topological polar surface area (TPSA) is 71.8 Å². The number of furan rings is 1. The van der Waals surface area contributed by atoms with Crippen LogP contribution in [0.2, 0.25) is 0 Å². The second kappa shape index (κ2) is 9.94. The number of amides is 2. The molecular weight excluding hydrogens is 416 g/mol. The van der Waals surface area contributed by atoms with Gasteiger partial charge in [0.2, 0.25) is 5.91 Å². The molecule has 0 fully saturated rings. The summed E-state index contributed by atoms with van der Waals surface area (Å²) in [6, 6.07) is 17.7. The zero-order valence-electron chi connectivity index (χ0n) is 19.4. The van der Waals surface area contributed by atoms with Crippen LogP contribution in [0.4, 0.5) is 0 Å². The highest BCUT2D eigenvalue weighted by Crippen LogP contribution is 2.38. The SMILES string of the molecule is CCNC(=O)c1ccc(COc2ccc3c(c2)[C@H](c2cccc(C)c2)N(C(=O)CC)CC3)o1. The molecular formula is C27H30N2O4. The molecule has 1 aliphatic rings. The number of hydrogen-bond donors (Lipinski definition) is 1. The highest BCUT2D eigenvalue weighted by molar-refractivity contribution is 5.91. The van der Waals surface area contributed by atoms with Crippen molar-refractivity contribution in [3.05, 3.63) is 88.4 Å². The van der Waals surface area contributed by atoms with E-state index in [2.05, 4.69) is 36.5 Å². The van der Waals surface area contributed by atoms with E-state index in [4.69, 9.17) is 9.15 Å². The lowest BCUT2D eigenvalue weighted by Crippen LogP contribution is -2.40. The summed E-state index contributed by atoms with van der Waals surface area (Å²) in [7, 11) is 0. The molecule has 1 N–H and O–H groups in total. The number of nitrogens with one attached hydrogen (secondary N) is 1. The average molecular weight is 447 g/mol. The third-order valence-corrected chi connectivity index (χ3v) is 5.93. The molecule has 1 aliphatic heterocycles. The number of rotatable bonds is 7. The van der Waals surface area contributed by atoms with E-state index in [1.54, 1.807) is 12.1 Å². The largest absolute Gasteiger partial charge is 0.486 e. The van der Waals surface area contributed by atoms with Crippen LogP contribution in [0.5, 0.6) is 5.75 Å². The second-order valence-corrected chi connectivity index (χ2v) is 8.28. The smallest absolute Gasteiger partial charge is 0.286 e. The molecule has 2 aromatic carbocycles. The number of aryl methyl sites for hydroxylation is 1. The van der Waals surface area contributed by atoms with Crippen LogP contribution in [0.15, 0.2) is 59.0 Å². The Balaban J connectivity index is 1.60. The Morgan fingerprint density at radius 3 is 2.73 bits per heavy atom. The normalized spacial score (nSPS) is 15.1. The number of ether oxygens (including phenoxy) is 1. The number of carbonyl (C=O) groups is 2. The first-order chi connectivity index (χ1) is 16.0. The molecule has 0 saturated heterocycles. The van der Waals surface area contributed by atoms with Crippen LogP contribution in [-0.4, -0.2) is 29.8 Å². The number of benzene rings is 2. The fourth-order valence-corrected chi connectivity index (χ4v) is 4.33. The van der Waals surface area contributed by atoms with Crippen molar-refractivity contribution in [3.63, 3.8) is 0 Å². The molecule has 172 valence electrons. The quantitative estimate of drug-likeness (QED) is 0.566. The van der Waals surface area contributed by atoms with E-state index < -0.39 is 0 Å². The summed E-state index contributed by atoms with van der Waals surface area (Å²) in [5.74, 6) is 1.46. The van der Waals surface area contributed by atoms with Gasteiger partial charge in [0.25, 0.3) is 5.91 Å². The van der Waals surface area contributed by atoms with E-state index in [1.807, 2.05) is 36.9 Å². The molecule has 1 aromatic heterocycles. The van der Waals surface area contributed by atoms with Crippen LogP contribution in [0.25, 0.3) is 0 Å². The molecule has 0 radical (unpaired) electrons. The maximum atomic E-state index is 12.8. The van der Waals surface area contributed by atoms with Gasteiger partial charge >= 0.3 is 0 Å². The van der Waals surface area contributed by atoms with Crippen molar-refractivity contribution < 1.29 is 18.7 Å². The van der Waals surface area contributed by atoms with Crippen molar-refractivity contribution in [1.29, 1.82) is 0 Å². The van der Waals surface area contributed by atoms with Gasteiger partial charge in [0.05, 0.1) is 6.04 Å². The van der Waals surface area contributed by atoms with Crippen molar-refractivity contribution in [2.24, 2.45) is 0 Å². The van der Waals surface area contributed by atoms with Crippen molar-refractivity contribution in [2.45, 2.75) is 46.3 Å². The third kappa shape index (κ3) is 4.95. The standard InChI is InChI=1S/C27H30N2O4/c1-4-25(30)29-14-13-19-9-10-21(16-23(19)26(29)20-8-6-7-18(3)15-20)32-17-22-11-12-24(33-22)27(31)28-5-2/h6-12,15-16,26H,4-5,13-14,17H2,1-3H3,(H,28,31)/t26-/m0/s1. The van der Waals surface area contributed by atoms with E-state index in [9.17, 15) is 9.59 Å². The number of carbonyl (C=O) groups excluding carboxylic acids is 2. The van der Waals surface area contributed by atoms with E-state index >= 15 is 0 Å². The molecule has 6 heteroatoms. The maximum Gasteiger partial charge on any atom is 0.286 e. The van der Waals surface area contributed by atoms with Gasteiger partial charge in [-0.2, -0.15) is 0 Å². The van der Waals surface area contributed by atoms with E-state index in [0.717, 1.165) is 23.1 Å². The molecule has 0 spiro atoms. The summed E-state index contributed by atoms with van der Waals surface area (Å²) in [5.41, 5.74) is 4.59. The van der Waals surface area contributed by atoms with Gasteiger partial charge in [0.1, 0.15) is 18.1 Å². The molecule has 0 unspecified atom stereocenters. The minimum Gasteiger partial charge on any atom is -0.486 e. The van der Waals surface area contributed by atoms with Crippen molar-refractivity contribution >= 4 is 11.8 Å². The first-order valence-electron chi connectivity index (χ1n) is 11.5. The molecule has 0 aliphatic carbocycles. The van der Waals surface area contributed by atoms with Gasteiger partial charge in [-0.1, -0.05) is 42.8 Å². The lowest BCUT2D eigenvalue weighted by atomic mass is 9.87. The van der Waals surface area contributed by atoms with Gasteiger partial charge in [-0.05, 0) is 61.2 Å². The molecule has 33 heavy (non-hydrogen) atoms. The van der Waals surface area contributed by atoms with Crippen LogP contribution in [0.3, 0.4) is 0 Å². The van der Waals surface area contributed by atoms with Gasteiger partial charge < -0.3 is 19.4 Å². The van der Waals surface area contributed by atoms with Gasteiger partial charge in [0.15, 0.2) is 5.76 Å². The minimum atomic E-state index is -0.237. The average Bonchev–Trinajstić information content (AvgIpc) is 3.31. The number of hydrogen-bond acceptors (Lipinski definition) is 4. The van der Waals surface area contributed by atoms with Crippen LogP contribution < -0.4 is 10.1 Å². The molecule has 1 atom stereocenters. The Hall–Kier alpha value is -3.54. The monoisotopic (exact) mass is 446 g/mol. The molecule has 4 rings (SSSR count).